The number of hydrogen-bond acceptors (Lipinski definition) is 2. The smallest absolute Gasteiger partial charge is 0.414 e. The van der Waals surface area contributed by atoms with Crippen molar-refractivity contribution < 1.29 is 19.8 Å². The summed E-state index contributed by atoms with van der Waals surface area (Å²) in [5.41, 5.74) is 0.787. The summed E-state index contributed by atoms with van der Waals surface area (Å²) in [6, 6.07) is 33.7. The Morgan fingerprint density at radius 1 is 0.621 bits per heavy atom. The standard InChI is InChI=1S/C22H22P.C2H2O4/c1-4-11-19(12-5-1)23(22-17-10-18-22,20-13-6-2-7-14-20)21-15-8-3-9-16-21;3-1(4)2(5)6/h1-9,11-16,22H,10,17-18H2;(H,3,4)(H,5,6)/q+1;. The minimum atomic E-state index is -1.82. The highest BCUT2D eigenvalue weighted by Gasteiger charge is 2.54. The van der Waals surface area contributed by atoms with E-state index in [1.54, 1.807) is 0 Å². The number of rotatable bonds is 4. The predicted octanol–water partition coefficient (Wildman–Crippen LogP) is 3.69. The maximum atomic E-state index is 9.10. The first-order valence-electron chi connectivity index (χ1n) is 9.58. The van der Waals surface area contributed by atoms with Gasteiger partial charge in [-0.15, -0.1) is 0 Å². The normalized spacial score (nSPS) is 13.5. The summed E-state index contributed by atoms with van der Waals surface area (Å²) in [6.07, 6.45) is 4.08. The fourth-order valence-corrected chi connectivity index (χ4v) is 9.07. The van der Waals surface area contributed by atoms with Crippen LogP contribution < -0.4 is 15.9 Å². The van der Waals surface area contributed by atoms with Gasteiger partial charge in [0.2, 0.25) is 0 Å². The van der Waals surface area contributed by atoms with Gasteiger partial charge in [0, 0.05) is 0 Å². The van der Waals surface area contributed by atoms with Gasteiger partial charge in [-0.25, -0.2) is 9.59 Å². The number of carbonyl (C=O) groups is 2. The lowest BCUT2D eigenvalue weighted by Crippen LogP contribution is -2.41. The molecular formula is C24H24O4P+. The first-order valence-corrected chi connectivity index (χ1v) is 11.4. The lowest BCUT2D eigenvalue weighted by Gasteiger charge is -2.39. The van der Waals surface area contributed by atoms with Gasteiger partial charge in [0.25, 0.3) is 0 Å². The van der Waals surface area contributed by atoms with Crippen molar-refractivity contribution in [2.24, 2.45) is 0 Å². The molecule has 29 heavy (non-hydrogen) atoms. The molecule has 4 nitrogen and oxygen atoms in total. The molecule has 0 heterocycles. The van der Waals surface area contributed by atoms with Crippen LogP contribution in [0, 0.1) is 0 Å². The summed E-state index contributed by atoms with van der Waals surface area (Å²) in [5.74, 6) is -3.65. The molecule has 5 heteroatoms. The minimum Gasteiger partial charge on any atom is -0.473 e. The van der Waals surface area contributed by atoms with Gasteiger partial charge in [-0.05, 0) is 55.7 Å². The van der Waals surface area contributed by atoms with Crippen molar-refractivity contribution >= 4 is 35.1 Å². The number of aliphatic carboxylic acids is 2. The van der Waals surface area contributed by atoms with Gasteiger partial charge in [-0.3, -0.25) is 0 Å². The van der Waals surface area contributed by atoms with Gasteiger partial charge in [-0.1, -0.05) is 54.6 Å². The summed E-state index contributed by atoms with van der Waals surface area (Å²) in [5, 5.41) is 19.4. The number of hydrogen-bond donors (Lipinski definition) is 2. The van der Waals surface area contributed by atoms with Crippen LogP contribution in [0.1, 0.15) is 19.3 Å². The number of carboxylic acids is 2. The molecule has 3 aromatic rings. The van der Waals surface area contributed by atoms with E-state index in [4.69, 9.17) is 19.8 Å². The van der Waals surface area contributed by atoms with E-state index in [0.717, 1.165) is 5.66 Å². The molecule has 1 aliphatic carbocycles. The lowest BCUT2D eigenvalue weighted by molar-refractivity contribution is -0.159. The van der Waals surface area contributed by atoms with Crippen LogP contribution >= 0.6 is 7.26 Å². The Balaban J connectivity index is 0.000000353. The fourth-order valence-electron chi connectivity index (χ4n) is 3.84. The lowest BCUT2D eigenvalue weighted by atomic mass is 10.00. The predicted molar refractivity (Wildman–Crippen MR) is 118 cm³/mol. The van der Waals surface area contributed by atoms with Crippen molar-refractivity contribution in [3.05, 3.63) is 91.0 Å². The molecule has 0 bridgehead atoms. The average Bonchev–Trinajstić information content (AvgIpc) is 2.73. The van der Waals surface area contributed by atoms with E-state index in [-0.39, 0.29) is 0 Å². The van der Waals surface area contributed by atoms with Crippen LogP contribution in [-0.2, 0) is 9.59 Å². The van der Waals surface area contributed by atoms with E-state index >= 15 is 0 Å². The Kier molecular flexibility index (Phi) is 6.79. The Hall–Kier alpha value is -2.97. The van der Waals surface area contributed by atoms with Crippen molar-refractivity contribution in [2.75, 3.05) is 0 Å². The monoisotopic (exact) mass is 407 g/mol. The third-order valence-corrected chi connectivity index (χ3v) is 10.2. The highest BCUT2D eigenvalue weighted by molar-refractivity contribution is 7.96. The molecule has 0 spiro atoms. The highest BCUT2D eigenvalue weighted by Crippen LogP contribution is 2.65. The van der Waals surface area contributed by atoms with Crippen LogP contribution in [0.3, 0.4) is 0 Å². The zero-order chi connectivity index (χ0) is 20.7. The third kappa shape index (κ3) is 4.38. The molecule has 3 aromatic carbocycles. The maximum absolute atomic E-state index is 9.10. The molecule has 0 unspecified atom stereocenters. The maximum Gasteiger partial charge on any atom is 0.414 e. The molecule has 0 atom stereocenters. The van der Waals surface area contributed by atoms with E-state index in [0.29, 0.717) is 0 Å². The van der Waals surface area contributed by atoms with Crippen molar-refractivity contribution in [3.8, 4) is 0 Å². The Bertz CT molecular complexity index is 830. The third-order valence-electron chi connectivity index (χ3n) is 5.30. The molecule has 0 saturated heterocycles. The molecule has 0 amide bonds. The molecule has 0 aromatic heterocycles. The van der Waals surface area contributed by atoms with Gasteiger partial charge in [0.15, 0.2) is 0 Å². The molecular weight excluding hydrogens is 383 g/mol. The van der Waals surface area contributed by atoms with E-state index in [1.807, 2.05) is 0 Å². The van der Waals surface area contributed by atoms with Crippen LogP contribution in [-0.4, -0.2) is 27.8 Å². The topological polar surface area (TPSA) is 74.6 Å². The zero-order valence-electron chi connectivity index (χ0n) is 16.0. The van der Waals surface area contributed by atoms with E-state index in [2.05, 4.69) is 91.0 Å². The second-order valence-corrected chi connectivity index (χ2v) is 10.6. The zero-order valence-corrected chi connectivity index (χ0v) is 16.9. The Morgan fingerprint density at radius 2 is 0.931 bits per heavy atom. The fraction of sp³-hybridized carbons (Fsp3) is 0.167. The van der Waals surface area contributed by atoms with Crippen molar-refractivity contribution in [2.45, 2.75) is 24.9 Å². The van der Waals surface area contributed by atoms with Gasteiger partial charge in [0.1, 0.15) is 23.2 Å². The minimum absolute atomic E-state index is 0.787. The molecule has 0 aliphatic heterocycles. The molecule has 1 aliphatic rings. The largest absolute Gasteiger partial charge is 0.473 e. The van der Waals surface area contributed by atoms with E-state index in [9.17, 15) is 0 Å². The van der Waals surface area contributed by atoms with Crippen LogP contribution in [0.2, 0.25) is 0 Å². The molecule has 2 N–H and O–H groups in total. The Morgan fingerprint density at radius 3 is 1.14 bits per heavy atom. The van der Waals surface area contributed by atoms with Crippen LogP contribution in [0.4, 0.5) is 0 Å². The Labute approximate surface area is 171 Å². The SMILES string of the molecule is O=C(O)C(=O)O.c1ccc([P+](c2ccccc2)(c2ccccc2)C2CCC2)cc1. The van der Waals surface area contributed by atoms with Gasteiger partial charge in [-0.2, -0.15) is 0 Å². The molecule has 0 radical (unpaired) electrons. The summed E-state index contributed by atoms with van der Waals surface area (Å²) < 4.78 is 0. The summed E-state index contributed by atoms with van der Waals surface area (Å²) in [7, 11) is -1.56. The summed E-state index contributed by atoms with van der Waals surface area (Å²) in [6.45, 7) is 0. The second-order valence-electron chi connectivity index (χ2n) is 6.92. The van der Waals surface area contributed by atoms with Crippen LogP contribution in [0.15, 0.2) is 91.0 Å². The quantitative estimate of drug-likeness (QED) is 0.511. The van der Waals surface area contributed by atoms with Crippen LogP contribution in [0.25, 0.3) is 0 Å². The first kappa shape index (κ1) is 20.8. The number of carboxylic acid groups (broad SMARTS) is 2. The van der Waals surface area contributed by atoms with E-state index in [1.165, 1.54) is 35.2 Å². The highest BCUT2D eigenvalue weighted by atomic mass is 31.2. The second kappa shape index (κ2) is 9.49. The number of benzene rings is 3. The van der Waals surface area contributed by atoms with Gasteiger partial charge in [0.05, 0.1) is 5.66 Å². The molecule has 1 saturated carbocycles. The summed E-state index contributed by atoms with van der Waals surface area (Å²) in [4.78, 5) is 18.2. The summed E-state index contributed by atoms with van der Waals surface area (Å²) >= 11 is 0. The van der Waals surface area contributed by atoms with Crippen molar-refractivity contribution in [1.29, 1.82) is 0 Å². The average molecular weight is 407 g/mol. The van der Waals surface area contributed by atoms with Gasteiger partial charge >= 0.3 is 11.9 Å². The molecule has 148 valence electrons. The van der Waals surface area contributed by atoms with E-state index < -0.39 is 19.2 Å². The van der Waals surface area contributed by atoms with Crippen LogP contribution in [0.5, 0.6) is 0 Å². The van der Waals surface area contributed by atoms with Gasteiger partial charge < -0.3 is 10.2 Å². The first-order chi connectivity index (χ1) is 14.1. The molecule has 1 fully saturated rings. The van der Waals surface area contributed by atoms with Crippen molar-refractivity contribution in [1.82, 2.24) is 0 Å². The molecule has 4 rings (SSSR count). The van der Waals surface area contributed by atoms with Crippen molar-refractivity contribution in [3.63, 3.8) is 0 Å².